The van der Waals surface area contributed by atoms with E-state index in [0.717, 1.165) is 6.07 Å². The van der Waals surface area contributed by atoms with Crippen molar-refractivity contribution in [1.29, 1.82) is 0 Å². The van der Waals surface area contributed by atoms with Gasteiger partial charge in [-0.3, -0.25) is 14.9 Å². The summed E-state index contributed by atoms with van der Waals surface area (Å²) in [5.41, 5.74) is -0.595. The van der Waals surface area contributed by atoms with Crippen molar-refractivity contribution in [3.63, 3.8) is 0 Å². The molecule has 0 radical (unpaired) electrons. The van der Waals surface area contributed by atoms with Crippen molar-refractivity contribution in [2.45, 2.75) is 0 Å². The number of carbonyl (C=O) groups excluding carboxylic acids is 1. The van der Waals surface area contributed by atoms with Gasteiger partial charge < -0.3 is 0 Å². The largest absolute Gasteiger partial charge is 0.332 e. The monoisotopic (exact) mass is 169 g/mol. The van der Waals surface area contributed by atoms with E-state index in [0.29, 0.717) is 0 Å². The van der Waals surface area contributed by atoms with Crippen LogP contribution in [0.5, 0.6) is 0 Å². The van der Waals surface area contributed by atoms with Gasteiger partial charge in [0.2, 0.25) is 0 Å². The summed E-state index contributed by atoms with van der Waals surface area (Å²) in [5, 5.41) is 10.1. The van der Waals surface area contributed by atoms with Crippen LogP contribution in [0.4, 0.5) is 10.1 Å². The van der Waals surface area contributed by atoms with Crippen LogP contribution in [0.25, 0.3) is 0 Å². The molecule has 0 saturated carbocycles. The fourth-order valence-electron chi connectivity index (χ4n) is 0.742. The summed E-state index contributed by atoms with van der Waals surface area (Å²) in [6, 6.07) is 2.84. The summed E-state index contributed by atoms with van der Waals surface area (Å²) >= 11 is 0. The highest BCUT2D eigenvalue weighted by Crippen LogP contribution is 2.13. The lowest BCUT2D eigenvalue weighted by Gasteiger charge is -1.91. The molecular weight excluding hydrogens is 165 g/mol. The van der Waals surface area contributed by atoms with E-state index in [1.165, 1.54) is 18.2 Å². The van der Waals surface area contributed by atoms with E-state index < -0.39 is 11.0 Å². The number of rotatable bonds is 2. The topological polar surface area (TPSA) is 60.2 Å². The number of hydrogen-bond donors (Lipinski definition) is 0. The van der Waals surface area contributed by atoms with Gasteiger partial charge in [0.05, 0.1) is 10.5 Å². The minimum absolute atomic E-state index is 0.293. The highest BCUT2D eigenvalue weighted by Gasteiger charge is 2.09. The van der Waals surface area contributed by atoms with Crippen molar-refractivity contribution in [2.24, 2.45) is 0 Å². The lowest BCUT2D eigenvalue weighted by molar-refractivity contribution is -0.384. The third-order valence-electron chi connectivity index (χ3n) is 1.28. The Kier molecular flexibility index (Phi) is 2.14. The summed E-state index contributed by atoms with van der Waals surface area (Å²) in [7, 11) is 0. The SMILES string of the molecule is O=C(F)c1cccc([N+](=O)[O-])c1. The third-order valence-corrected chi connectivity index (χ3v) is 1.28. The molecule has 0 saturated heterocycles. The lowest BCUT2D eigenvalue weighted by Crippen LogP contribution is -1.93. The minimum Gasteiger partial charge on any atom is -0.258 e. The van der Waals surface area contributed by atoms with Gasteiger partial charge in [0.25, 0.3) is 5.69 Å². The normalized spacial score (nSPS) is 9.42. The summed E-state index contributed by atoms with van der Waals surface area (Å²) in [4.78, 5) is 19.6. The van der Waals surface area contributed by atoms with E-state index in [1.54, 1.807) is 0 Å². The Hall–Kier alpha value is -1.78. The highest BCUT2D eigenvalue weighted by atomic mass is 19.1. The van der Waals surface area contributed by atoms with Gasteiger partial charge in [-0.05, 0) is 6.07 Å². The maximum Gasteiger partial charge on any atom is 0.332 e. The number of hydrogen-bond acceptors (Lipinski definition) is 3. The van der Waals surface area contributed by atoms with Crippen molar-refractivity contribution in [3.05, 3.63) is 39.9 Å². The number of halogens is 1. The van der Waals surface area contributed by atoms with Gasteiger partial charge in [-0.1, -0.05) is 6.07 Å². The molecule has 0 bridgehead atoms. The summed E-state index contributed by atoms with van der Waals surface area (Å²) in [6.07, 6.45) is 0. The Balaban J connectivity index is 3.12. The quantitative estimate of drug-likeness (QED) is 0.384. The van der Waals surface area contributed by atoms with Gasteiger partial charge in [0, 0.05) is 12.1 Å². The minimum atomic E-state index is -1.67. The van der Waals surface area contributed by atoms with Crippen LogP contribution in [0.1, 0.15) is 10.4 Å². The van der Waals surface area contributed by atoms with E-state index >= 15 is 0 Å². The van der Waals surface area contributed by atoms with E-state index in [2.05, 4.69) is 0 Å². The fourth-order valence-corrected chi connectivity index (χ4v) is 0.742. The van der Waals surface area contributed by atoms with E-state index in [4.69, 9.17) is 0 Å². The average molecular weight is 169 g/mol. The average Bonchev–Trinajstić information content (AvgIpc) is 2.04. The Morgan fingerprint density at radius 2 is 2.17 bits per heavy atom. The zero-order valence-electron chi connectivity index (χ0n) is 5.86. The summed E-state index contributed by atoms with van der Waals surface area (Å²) in [6.45, 7) is 0. The molecule has 0 aliphatic carbocycles. The predicted molar refractivity (Wildman–Crippen MR) is 38.5 cm³/mol. The number of nitro benzene ring substituents is 1. The van der Waals surface area contributed by atoms with Crippen molar-refractivity contribution < 1.29 is 14.1 Å². The molecule has 0 N–H and O–H groups in total. The molecule has 0 amide bonds. The standard InChI is InChI=1S/C7H4FNO3/c8-7(10)5-2-1-3-6(4-5)9(11)12/h1-4H. The van der Waals surface area contributed by atoms with E-state index in [9.17, 15) is 19.3 Å². The Bertz CT molecular complexity index is 308. The van der Waals surface area contributed by atoms with Gasteiger partial charge >= 0.3 is 6.04 Å². The maximum absolute atomic E-state index is 12.0. The first-order valence-corrected chi connectivity index (χ1v) is 3.05. The molecule has 1 aromatic carbocycles. The molecule has 0 aromatic heterocycles. The molecule has 0 aliphatic rings. The van der Waals surface area contributed by atoms with Gasteiger partial charge in [-0.25, -0.2) is 0 Å². The van der Waals surface area contributed by atoms with Crippen molar-refractivity contribution in [3.8, 4) is 0 Å². The maximum atomic E-state index is 12.0. The highest BCUT2D eigenvalue weighted by molar-refractivity contribution is 5.89. The van der Waals surface area contributed by atoms with Gasteiger partial charge in [0.1, 0.15) is 0 Å². The second kappa shape index (κ2) is 3.08. The summed E-state index contributed by atoms with van der Waals surface area (Å²) < 4.78 is 12.0. The second-order valence-electron chi connectivity index (χ2n) is 2.08. The predicted octanol–water partition coefficient (Wildman–Crippen LogP) is 1.70. The molecule has 0 fully saturated rings. The van der Waals surface area contributed by atoms with Crippen molar-refractivity contribution in [1.82, 2.24) is 0 Å². The van der Waals surface area contributed by atoms with Crippen molar-refractivity contribution in [2.75, 3.05) is 0 Å². The molecule has 1 rings (SSSR count). The zero-order chi connectivity index (χ0) is 9.14. The van der Waals surface area contributed by atoms with Crippen molar-refractivity contribution >= 4 is 11.7 Å². The molecule has 0 aliphatic heterocycles. The Morgan fingerprint density at radius 1 is 1.50 bits per heavy atom. The first kappa shape index (κ1) is 8.32. The van der Waals surface area contributed by atoms with Crippen LogP contribution in [0, 0.1) is 10.1 Å². The van der Waals surface area contributed by atoms with Crippen LogP contribution in [-0.4, -0.2) is 11.0 Å². The number of non-ortho nitro benzene ring substituents is 1. The first-order valence-electron chi connectivity index (χ1n) is 3.05. The van der Waals surface area contributed by atoms with Crippen LogP contribution in [0.3, 0.4) is 0 Å². The molecule has 0 spiro atoms. The van der Waals surface area contributed by atoms with Gasteiger partial charge in [-0.2, -0.15) is 4.39 Å². The lowest BCUT2D eigenvalue weighted by atomic mass is 10.2. The fraction of sp³-hybridized carbons (Fsp3) is 0. The Labute approximate surface area is 66.8 Å². The molecule has 0 atom stereocenters. The van der Waals surface area contributed by atoms with Crippen LogP contribution in [0.15, 0.2) is 24.3 Å². The molecule has 0 heterocycles. The summed E-state index contributed by atoms with van der Waals surface area (Å²) in [5.74, 6) is 0. The first-order chi connectivity index (χ1) is 5.61. The Morgan fingerprint density at radius 3 is 2.67 bits per heavy atom. The zero-order valence-corrected chi connectivity index (χ0v) is 5.86. The molecule has 62 valence electrons. The van der Waals surface area contributed by atoms with E-state index in [1.807, 2.05) is 0 Å². The number of carbonyl (C=O) groups is 1. The molecular formula is C7H4FNO3. The van der Waals surface area contributed by atoms with Crippen LogP contribution in [-0.2, 0) is 0 Å². The van der Waals surface area contributed by atoms with Crippen LogP contribution < -0.4 is 0 Å². The third kappa shape index (κ3) is 1.63. The van der Waals surface area contributed by atoms with Gasteiger partial charge in [-0.15, -0.1) is 0 Å². The number of nitrogens with zero attached hydrogens (tertiary/aromatic N) is 1. The molecule has 0 unspecified atom stereocenters. The molecule has 12 heavy (non-hydrogen) atoms. The van der Waals surface area contributed by atoms with E-state index in [-0.39, 0.29) is 11.3 Å². The second-order valence-corrected chi connectivity index (χ2v) is 2.08. The van der Waals surface area contributed by atoms with Gasteiger partial charge in [0.15, 0.2) is 0 Å². The molecule has 1 aromatic rings. The molecule has 5 heteroatoms. The number of benzene rings is 1. The smallest absolute Gasteiger partial charge is 0.258 e. The van der Waals surface area contributed by atoms with Crippen LogP contribution in [0.2, 0.25) is 0 Å². The number of nitro groups is 1. The molecule has 4 nitrogen and oxygen atoms in total. The van der Waals surface area contributed by atoms with Crippen LogP contribution >= 0.6 is 0 Å².